The molecular weight excluding hydrogens is 266 g/mol. The third-order valence-corrected chi connectivity index (χ3v) is 3.37. The van der Waals surface area contributed by atoms with Crippen molar-refractivity contribution in [3.05, 3.63) is 71.5 Å². The summed E-state index contributed by atoms with van der Waals surface area (Å²) in [6, 6.07) is 17.3. The fourth-order valence-corrected chi connectivity index (χ4v) is 2.37. The summed E-state index contributed by atoms with van der Waals surface area (Å²) in [6.45, 7) is 1.13. The SMILES string of the molecule is O=C(O)c1oc2ccccc2c1CNCc1ccccc1. The van der Waals surface area contributed by atoms with E-state index in [1.54, 1.807) is 6.07 Å². The molecule has 4 nitrogen and oxygen atoms in total. The summed E-state index contributed by atoms with van der Waals surface area (Å²) in [7, 11) is 0. The zero-order valence-corrected chi connectivity index (χ0v) is 11.4. The van der Waals surface area contributed by atoms with Crippen LogP contribution in [0.4, 0.5) is 0 Å². The Morgan fingerprint density at radius 3 is 2.48 bits per heavy atom. The van der Waals surface area contributed by atoms with Gasteiger partial charge in [0.05, 0.1) is 0 Å². The molecule has 0 saturated heterocycles. The second-order valence-electron chi connectivity index (χ2n) is 4.80. The number of rotatable bonds is 5. The highest BCUT2D eigenvalue weighted by molar-refractivity contribution is 5.95. The standard InChI is InChI=1S/C17H15NO3/c19-17(20)16-14(13-8-4-5-9-15(13)21-16)11-18-10-12-6-2-1-3-7-12/h1-9,18H,10-11H2,(H,19,20). The number of aromatic carboxylic acids is 1. The van der Waals surface area contributed by atoms with Gasteiger partial charge in [-0.05, 0) is 11.6 Å². The van der Waals surface area contributed by atoms with Gasteiger partial charge in [-0.15, -0.1) is 0 Å². The highest BCUT2D eigenvalue weighted by Crippen LogP contribution is 2.25. The van der Waals surface area contributed by atoms with E-state index in [0.29, 0.717) is 24.2 Å². The second-order valence-corrected chi connectivity index (χ2v) is 4.80. The minimum atomic E-state index is -1.04. The molecule has 2 N–H and O–H groups in total. The number of hydrogen-bond acceptors (Lipinski definition) is 3. The van der Waals surface area contributed by atoms with E-state index in [0.717, 1.165) is 10.9 Å². The summed E-state index contributed by atoms with van der Waals surface area (Å²) in [5.74, 6) is -1.03. The van der Waals surface area contributed by atoms with Crippen LogP contribution >= 0.6 is 0 Å². The first-order chi connectivity index (χ1) is 10.3. The first-order valence-electron chi connectivity index (χ1n) is 6.74. The molecule has 3 aromatic rings. The molecule has 4 heteroatoms. The van der Waals surface area contributed by atoms with Gasteiger partial charge in [-0.2, -0.15) is 0 Å². The molecule has 3 rings (SSSR count). The number of benzene rings is 2. The van der Waals surface area contributed by atoms with Gasteiger partial charge in [0.2, 0.25) is 5.76 Å². The molecule has 0 amide bonds. The number of hydrogen-bond donors (Lipinski definition) is 2. The van der Waals surface area contributed by atoms with Crippen LogP contribution in [0.3, 0.4) is 0 Å². The van der Waals surface area contributed by atoms with Gasteiger partial charge in [-0.25, -0.2) is 4.79 Å². The van der Waals surface area contributed by atoms with Crippen molar-refractivity contribution in [2.24, 2.45) is 0 Å². The summed E-state index contributed by atoms with van der Waals surface area (Å²) in [4.78, 5) is 11.3. The Labute approximate surface area is 122 Å². The molecule has 0 aliphatic rings. The van der Waals surface area contributed by atoms with E-state index in [-0.39, 0.29) is 5.76 Å². The molecule has 0 aliphatic carbocycles. The Hall–Kier alpha value is -2.59. The van der Waals surface area contributed by atoms with Crippen molar-refractivity contribution in [1.82, 2.24) is 5.32 Å². The van der Waals surface area contributed by atoms with Crippen LogP contribution in [0.1, 0.15) is 21.7 Å². The summed E-state index contributed by atoms with van der Waals surface area (Å²) in [5, 5.41) is 13.4. The van der Waals surface area contributed by atoms with Crippen molar-refractivity contribution in [1.29, 1.82) is 0 Å². The molecule has 0 radical (unpaired) electrons. The minimum absolute atomic E-state index is 0.0109. The summed E-state index contributed by atoms with van der Waals surface area (Å²) in [5.41, 5.74) is 2.45. The average molecular weight is 281 g/mol. The summed E-state index contributed by atoms with van der Waals surface area (Å²) >= 11 is 0. The van der Waals surface area contributed by atoms with Crippen molar-refractivity contribution >= 4 is 16.9 Å². The first kappa shape index (κ1) is 13.4. The minimum Gasteiger partial charge on any atom is -0.475 e. The maximum Gasteiger partial charge on any atom is 0.372 e. The molecule has 1 heterocycles. The Bertz CT molecular complexity index is 762. The largest absolute Gasteiger partial charge is 0.475 e. The Morgan fingerprint density at radius 1 is 1.00 bits per heavy atom. The molecule has 0 fully saturated rings. The number of nitrogens with one attached hydrogen (secondary N) is 1. The van der Waals surface area contributed by atoms with Crippen LogP contribution in [0, 0.1) is 0 Å². The molecule has 1 aromatic heterocycles. The van der Waals surface area contributed by atoms with Crippen molar-refractivity contribution in [2.75, 3.05) is 0 Å². The Morgan fingerprint density at radius 2 is 1.71 bits per heavy atom. The summed E-state index contributed by atoms with van der Waals surface area (Å²) < 4.78 is 5.42. The van der Waals surface area contributed by atoms with Crippen LogP contribution < -0.4 is 5.32 Å². The molecule has 0 spiro atoms. The Balaban J connectivity index is 1.82. The monoisotopic (exact) mass is 281 g/mol. The number of fused-ring (bicyclic) bond motifs is 1. The third-order valence-electron chi connectivity index (χ3n) is 3.37. The first-order valence-corrected chi connectivity index (χ1v) is 6.74. The van der Waals surface area contributed by atoms with Crippen LogP contribution in [0.15, 0.2) is 59.0 Å². The van der Waals surface area contributed by atoms with Gasteiger partial charge in [-0.3, -0.25) is 0 Å². The molecule has 106 valence electrons. The fourth-order valence-electron chi connectivity index (χ4n) is 2.37. The maximum absolute atomic E-state index is 11.3. The molecule has 0 bridgehead atoms. The van der Waals surface area contributed by atoms with E-state index in [1.165, 1.54) is 0 Å². The lowest BCUT2D eigenvalue weighted by atomic mass is 10.1. The van der Waals surface area contributed by atoms with Gasteiger partial charge >= 0.3 is 5.97 Å². The predicted molar refractivity (Wildman–Crippen MR) is 80.2 cm³/mol. The lowest BCUT2D eigenvalue weighted by Crippen LogP contribution is -2.14. The lowest BCUT2D eigenvalue weighted by Gasteiger charge is -2.04. The van der Waals surface area contributed by atoms with Crippen molar-refractivity contribution in [3.63, 3.8) is 0 Å². The molecule has 0 saturated carbocycles. The smallest absolute Gasteiger partial charge is 0.372 e. The number of carboxylic acids is 1. The van der Waals surface area contributed by atoms with Crippen LogP contribution in [0.5, 0.6) is 0 Å². The maximum atomic E-state index is 11.3. The molecule has 2 aromatic carbocycles. The van der Waals surface area contributed by atoms with E-state index < -0.39 is 5.97 Å². The molecule has 0 unspecified atom stereocenters. The highest BCUT2D eigenvalue weighted by atomic mass is 16.4. The van der Waals surface area contributed by atoms with Crippen molar-refractivity contribution < 1.29 is 14.3 Å². The average Bonchev–Trinajstić information content (AvgIpc) is 2.88. The Kier molecular flexibility index (Phi) is 3.71. The quantitative estimate of drug-likeness (QED) is 0.752. The zero-order valence-electron chi connectivity index (χ0n) is 11.4. The van der Waals surface area contributed by atoms with Gasteiger partial charge in [0.15, 0.2) is 0 Å². The number of para-hydroxylation sites is 1. The molecule has 0 atom stereocenters. The van der Waals surface area contributed by atoms with Crippen LogP contribution in [-0.4, -0.2) is 11.1 Å². The zero-order chi connectivity index (χ0) is 14.7. The number of furan rings is 1. The normalized spacial score (nSPS) is 10.9. The molecule has 0 aliphatic heterocycles. The van der Waals surface area contributed by atoms with Crippen molar-refractivity contribution in [3.8, 4) is 0 Å². The van der Waals surface area contributed by atoms with Gasteiger partial charge in [-0.1, -0.05) is 48.5 Å². The van der Waals surface area contributed by atoms with E-state index >= 15 is 0 Å². The predicted octanol–water partition coefficient (Wildman–Crippen LogP) is 3.42. The molecule has 21 heavy (non-hydrogen) atoms. The molecular formula is C17H15NO3. The number of carbonyl (C=O) groups is 1. The van der Waals surface area contributed by atoms with Gasteiger partial charge in [0, 0.05) is 24.0 Å². The topological polar surface area (TPSA) is 62.5 Å². The third kappa shape index (κ3) is 2.80. The van der Waals surface area contributed by atoms with Gasteiger partial charge in [0.25, 0.3) is 0 Å². The summed E-state index contributed by atoms with van der Waals surface area (Å²) in [6.07, 6.45) is 0. The van der Waals surface area contributed by atoms with Gasteiger partial charge < -0.3 is 14.8 Å². The van der Waals surface area contributed by atoms with Crippen LogP contribution in [0.25, 0.3) is 11.0 Å². The van der Waals surface area contributed by atoms with Crippen molar-refractivity contribution in [2.45, 2.75) is 13.1 Å². The van der Waals surface area contributed by atoms with E-state index in [4.69, 9.17) is 4.42 Å². The second kappa shape index (κ2) is 5.81. The highest BCUT2D eigenvalue weighted by Gasteiger charge is 2.18. The van der Waals surface area contributed by atoms with E-state index in [9.17, 15) is 9.90 Å². The number of carboxylic acid groups (broad SMARTS) is 1. The fraction of sp³-hybridized carbons (Fsp3) is 0.118. The van der Waals surface area contributed by atoms with Gasteiger partial charge in [0.1, 0.15) is 5.58 Å². The van der Waals surface area contributed by atoms with Crippen LogP contribution in [0.2, 0.25) is 0 Å². The van der Waals surface area contributed by atoms with E-state index in [1.807, 2.05) is 48.5 Å². The van der Waals surface area contributed by atoms with E-state index in [2.05, 4.69) is 5.32 Å². The lowest BCUT2D eigenvalue weighted by molar-refractivity contribution is 0.0663. The van der Waals surface area contributed by atoms with Crippen LogP contribution in [-0.2, 0) is 13.1 Å².